The normalized spacial score (nSPS) is 11.6. The molecule has 2 aromatic carbocycles. The Hall–Kier alpha value is -3.88. The van der Waals surface area contributed by atoms with Crippen LogP contribution in [0.3, 0.4) is 0 Å². The number of rotatable bonds is 11. The van der Waals surface area contributed by atoms with Crippen molar-refractivity contribution >= 4 is 23.9 Å². The first kappa shape index (κ1) is 27.4. The lowest BCUT2D eigenvalue weighted by Gasteiger charge is -2.23. The van der Waals surface area contributed by atoms with Crippen LogP contribution in [0.1, 0.15) is 44.7 Å². The summed E-state index contributed by atoms with van der Waals surface area (Å²) < 4.78 is 15.6. The van der Waals surface area contributed by atoms with Crippen LogP contribution in [0.2, 0.25) is 0 Å². The number of esters is 2. The van der Waals surface area contributed by atoms with Crippen molar-refractivity contribution < 1.29 is 33.4 Å². The molecular weight excluding hydrogens is 452 g/mol. The van der Waals surface area contributed by atoms with E-state index >= 15 is 0 Å². The van der Waals surface area contributed by atoms with E-state index in [0.29, 0.717) is 0 Å². The molecule has 2 rings (SSSR count). The van der Waals surface area contributed by atoms with E-state index in [2.05, 4.69) is 10.6 Å². The second-order valence-corrected chi connectivity index (χ2v) is 8.75. The van der Waals surface area contributed by atoms with Crippen LogP contribution in [-0.2, 0) is 41.8 Å². The van der Waals surface area contributed by atoms with Crippen molar-refractivity contribution in [2.24, 2.45) is 0 Å². The molecule has 0 radical (unpaired) electrons. The van der Waals surface area contributed by atoms with Gasteiger partial charge in [-0.25, -0.2) is 4.79 Å². The molecule has 9 heteroatoms. The maximum absolute atomic E-state index is 12.7. The number of hydrogen-bond donors (Lipinski definition) is 2. The van der Waals surface area contributed by atoms with E-state index in [4.69, 9.17) is 14.2 Å². The Morgan fingerprint density at radius 2 is 1.31 bits per heavy atom. The van der Waals surface area contributed by atoms with E-state index < -0.39 is 42.1 Å². The van der Waals surface area contributed by atoms with Crippen LogP contribution in [0.25, 0.3) is 0 Å². The topological polar surface area (TPSA) is 120 Å². The van der Waals surface area contributed by atoms with E-state index in [-0.39, 0.29) is 26.1 Å². The number of hydrogen-bond acceptors (Lipinski definition) is 7. The standard InChI is InChI=1S/C26H32N2O7/c1-26(2,3)35-25(32)28-21(14-15-22(29)33-17-19-10-6-4-7-11-19)24(31)27-16-23(30)34-18-20-12-8-5-9-13-20/h4-13,21H,14-18H2,1-3H3,(H,27,31)(H,28,32)/t21-/m0/s1. The summed E-state index contributed by atoms with van der Waals surface area (Å²) in [7, 11) is 0. The number of amides is 2. The average Bonchev–Trinajstić information content (AvgIpc) is 2.82. The molecule has 0 aromatic heterocycles. The Morgan fingerprint density at radius 3 is 1.83 bits per heavy atom. The number of carbonyl (C=O) groups is 4. The zero-order valence-corrected chi connectivity index (χ0v) is 20.2. The molecule has 0 unspecified atom stereocenters. The Labute approximate surface area is 205 Å². The predicted octanol–water partition coefficient (Wildman–Crippen LogP) is 3.26. The smallest absolute Gasteiger partial charge is 0.408 e. The Morgan fingerprint density at radius 1 is 0.800 bits per heavy atom. The minimum absolute atomic E-state index is 0.0439. The zero-order valence-electron chi connectivity index (χ0n) is 20.2. The molecule has 0 aliphatic carbocycles. The van der Waals surface area contributed by atoms with Gasteiger partial charge in [0.15, 0.2) is 0 Å². The third-order valence-electron chi connectivity index (χ3n) is 4.54. The molecule has 2 aromatic rings. The molecule has 188 valence electrons. The third kappa shape index (κ3) is 11.7. The number of benzene rings is 2. The van der Waals surface area contributed by atoms with Crippen LogP contribution in [0.5, 0.6) is 0 Å². The lowest BCUT2D eigenvalue weighted by atomic mass is 10.1. The maximum atomic E-state index is 12.7. The van der Waals surface area contributed by atoms with Crippen molar-refractivity contribution in [3.8, 4) is 0 Å². The number of carbonyl (C=O) groups excluding carboxylic acids is 4. The fraction of sp³-hybridized carbons (Fsp3) is 0.385. The van der Waals surface area contributed by atoms with Gasteiger partial charge in [0.25, 0.3) is 0 Å². The van der Waals surface area contributed by atoms with Gasteiger partial charge in [0.2, 0.25) is 5.91 Å². The van der Waals surface area contributed by atoms with E-state index in [9.17, 15) is 19.2 Å². The molecule has 2 amide bonds. The average molecular weight is 485 g/mol. The molecular formula is C26H32N2O7. The van der Waals surface area contributed by atoms with Crippen LogP contribution in [0, 0.1) is 0 Å². The summed E-state index contributed by atoms with van der Waals surface area (Å²) in [5, 5.41) is 4.88. The third-order valence-corrected chi connectivity index (χ3v) is 4.54. The lowest BCUT2D eigenvalue weighted by molar-refractivity contribution is -0.146. The predicted molar refractivity (Wildman–Crippen MR) is 128 cm³/mol. The van der Waals surface area contributed by atoms with Gasteiger partial charge in [-0.1, -0.05) is 60.7 Å². The molecule has 0 bridgehead atoms. The van der Waals surface area contributed by atoms with Crippen LogP contribution in [0.15, 0.2) is 60.7 Å². The van der Waals surface area contributed by atoms with Gasteiger partial charge in [0.1, 0.15) is 31.4 Å². The second-order valence-electron chi connectivity index (χ2n) is 8.75. The molecule has 0 saturated heterocycles. The summed E-state index contributed by atoms with van der Waals surface area (Å²) in [6.07, 6.45) is -0.987. The van der Waals surface area contributed by atoms with Crippen LogP contribution in [-0.4, -0.2) is 42.1 Å². The van der Waals surface area contributed by atoms with E-state index in [0.717, 1.165) is 11.1 Å². The Balaban J connectivity index is 1.86. The van der Waals surface area contributed by atoms with E-state index in [1.807, 2.05) is 60.7 Å². The summed E-state index contributed by atoms with van der Waals surface area (Å²) in [6, 6.07) is 17.2. The minimum Gasteiger partial charge on any atom is -0.461 e. The van der Waals surface area contributed by atoms with Crippen LogP contribution < -0.4 is 10.6 Å². The first-order valence-corrected chi connectivity index (χ1v) is 11.3. The highest BCUT2D eigenvalue weighted by Gasteiger charge is 2.25. The first-order valence-electron chi connectivity index (χ1n) is 11.3. The Bertz CT molecular complexity index is 972. The zero-order chi connectivity index (χ0) is 25.7. The summed E-state index contributed by atoms with van der Waals surface area (Å²) in [6.45, 7) is 4.84. The second kappa shape index (κ2) is 13.7. The molecule has 0 fully saturated rings. The summed E-state index contributed by atoms with van der Waals surface area (Å²) in [5.41, 5.74) is 0.864. The largest absolute Gasteiger partial charge is 0.461 e. The quantitative estimate of drug-likeness (QED) is 0.371. The van der Waals surface area contributed by atoms with Crippen molar-refractivity contribution in [1.82, 2.24) is 10.6 Å². The van der Waals surface area contributed by atoms with Gasteiger partial charge >= 0.3 is 18.0 Å². The van der Waals surface area contributed by atoms with Gasteiger partial charge in [-0.05, 0) is 38.3 Å². The molecule has 0 aliphatic rings. The molecule has 1 atom stereocenters. The highest BCUT2D eigenvalue weighted by Crippen LogP contribution is 2.09. The first-order chi connectivity index (χ1) is 16.6. The molecule has 2 N–H and O–H groups in total. The molecule has 0 aliphatic heterocycles. The number of alkyl carbamates (subject to hydrolysis) is 1. The van der Waals surface area contributed by atoms with Crippen LogP contribution >= 0.6 is 0 Å². The van der Waals surface area contributed by atoms with Gasteiger partial charge in [-0.2, -0.15) is 0 Å². The summed E-state index contributed by atoms with van der Waals surface area (Å²) >= 11 is 0. The molecule has 35 heavy (non-hydrogen) atoms. The van der Waals surface area contributed by atoms with Crippen molar-refractivity contribution in [3.63, 3.8) is 0 Å². The van der Waals surface area contributed by atoms with Crippen molar-refractivity contribution in [3.05, 3.63) is 71.8 Å². The highest BCUT2D eigenvalue weighted by atomic mass is 16.6. The van der Waals surface area contributed by atoms with Gasteiger partial charge < -0.3 is 24.8 Å². The SMILES string of the molecule is CC(C)(C)OC(=O)N[C@@H](CCC(=O)OCc1ccccc1)C(=O)NCC(=O)OCc1ccccc1. The number of nitrogens with one attached hydrogen (secondary N) is 2. The summed E-state index contributed by atoms with van der Waals surface area (Å²) in [4.78, 5) is 49.1. The van der Waals surface area contributed by atoms with Gasteiger partial charge in [0, 0.05) is 6.42 Å². The minimum atomic E-state index is -1.11. The van der Waals surface area contributed by atoms with Crippen molar-refractivity contribution in [2.45, 2.75) is 58.5 Å². The monoisotopic (exact) mass is 484 g/mol. The van der Waals surface area contributed by atoms with E-state index in [1.54, 1.807) is 20.8 Å². The molecule has 0 heterocycles. The maximum Gasteiger partial charge on any atom is 0.408 e. The molecule has 0 saturated carbocycles. The van der Waals surface area contributed by atoms with Crippen molar-refractivity contribution in [2.75, 3.05) is 6.54 Å². The van der Waals surface area contributed by atoms with Crippen molar-refractivity contribution in [1.29, 1.82) is 0 Å². The Kier molecular flexibility index (Phi) is 10.7. The number of ether oxygens (including phenoxy) is 3. The highest BCUT2D eigenvalue weighted by molar-refractivity contribution is 5.88. The molecule has 9 nitrogen and oxygen atoms in total. The summed E-state index contributed by atoms with van der Waals surface area (Å²) in [5.74, 6) is -1.82. The lowest BCUT2D eigenvalue weighted by Crippen LogP contribution is -2.49. The molecule has 0 spiro atoms. The van der Waals surface area contributed by atoms with E-state index in [1.165, 1.54) is 0 Å². The van der Waals surface area contributed by atoms with Gasteiger partial charge in [-0.15, -0.1) is 0 Å². The van der Waals surface area contributed by atoms with Gasteiger partial charge in [0.05, 0.1) is 0 Å². The van der Waals surface area contributed by atoms with Gasteiger partial charge in [-0.3, -0.25) is 14.4 Å². The van der Waals surface area contributed by atoms with Crippen LogP contribution in [0.4, 0.5) is 4.79 Å². The fourth-order valence-electron chi connectivity index (χ4n) is 2.86. The fourth-order valence-corrected chi connectivity index (χ4v) is 2.86.